The molecule has 138 valence electrons. The largest absolute Gasteiger partial charge is 0.376 e. The number of ether oxygens (including phenoxy) is 3. The van der Waals surface area contributed by atoms with Gasteiger partial charge in [0.25, 0.3) is 0 Å². The van der Waals surface area contributed by atoms with Gasteiger partial charge in [-0.15, -0.1) is 0 Å². The first-order valence-corrected chi connectivity index (χ1v) is 8.96. The molecule has 5 nitrogen and oxygen atoms in total. The smallest absolute Gasteiger partial charge is 0.104 e. The van der Waals surface area contributed by atoms with E-state index in [1.54, 1.807) is 0 Å². The first kappa shape index (κ1) is 21.0. The molecule has 0 aromatic carbocycles. The molecule has 1 atom stereocenters. The summed E-state index contributed by atoms with van der Waals surface area (Å²) < 4.78 is 16.8. The van der Waals surface area contributed by atoms with Crippen LogP contribution in [0.3, 0.4) is 0 Å². The van der Waals surface area contributed by atoms with Crippen LogP contribution in [0.2, 0.25) is 0 Å². The number of aromatic nitrogens is 1. The maximum absolute atomic E-state index is 5.82. The molecule has 1 aromatic heterocycles. The van der Waals surface area contributed by atoms with Crippen molar-refractivity contribution < 1.29 is 14.2 Å². The van der Waals surface area contributed by atoms with Gasteiger partial charge in [-0.2, -0.15) is 0 Å². The van der Waals surface area contributed by atoms with Crippen molar-refractivity contribution in [3.63, 3.8) is 0 Å². The van der Waals surface area contributed by atoms with E-state index < -0.39 is 0 Å². The minimum absolute atomic E-state index is 0.0499. The second-order valence-corrected chi connectivity index (χ2v) is 6.32. The Morgan fingerprint density at radius 1 is 1.25 bits per heavy atom. The quantitative estimate of drug-likeness (QED) is 0.764. The molecule has 2 rings (SSSR count). The Balaban J connectivity index is 0.00000139. The topological polar surface area (TPSA) is 43.8 Å². The van der Waals surface area contributed by atoms with Gasteiger partial charge < -0.3 is 19.1 Å². The maximum atomic E-state index is 5.82. The third kappa shape index (κ3) is 7.26. The predicted octanol–water partition coefficient (Wildman–Crippen LogP) is 3.22. The highest BCUT2D eigenvalue weighted by atomic mass is 16.6. The fraction of sp³-hybridized carbons (Fsp3) is 0.737. The molecular formula is C19H34N2O3. The van der Waals surface area contributed by atoms with Crippen molar-refractivity contribution in [1.29, 1.82) is 0 Å². The molecule has 0 amide bonds. The molecule has 0 aliphatic carbocycles. The number of hydrogen-bond acceptors (Lipinski definition) is 5. The maximum Gasteiger partial charge on any atom is 0.104 e. The van der Waals surface area contributed by atoms with Gasteiger partial charge in [-0.3, -0.25) is 4.98 Å². The minimum atomic E-state index is 0.0499. The predicted molar refractivity (Wildman–Crippen MR) is 97.3 cm³/mol. The van der Waals surface area contributed by atoms with Gasteiger partial charge in [0.2, 0.25) is 0 Å². The van der Waals surface area contributed by atoms with Gasteiger partial charge in [-0.25, -0.2) is 0 Å². The van der Waals surface area contributed by atoms with Crippen LogP contribution in [0.5, 0.6) is 0 Å². The van der Waals surface area contributed by atoms with Crippen LogP contribution in [0.15, 0.2) is 12.1 Å². The van der Waals surface area contributed by atoms with E-state index in [9.17, 15) is 0 Å². The van der Waals surface area contributed by atoms with E-state index in [4.69, 9.17) is 19.2 Å². The fourth-order valence-electron chi connectivity index (χ4n) is 2.37. The van der Waals surface area contributed by atoms with Crippen LogP contribution in [0.4, 0.5) is 0 Å². The lowest BCUT2D eigenvalue weighted by molar-refractivity contribution is -0.117. The molecule has 5 heteroatoms. The van der Waals surface area contributed by atoms with Crippen LogP contribution in [0.25, 0.3) is 0 Å². The summed E-state index contributed by atoms with van der Waals surface area (Å²) in [6, 6.07) is 4.24. The second kappa shape index (κ2) is 11.5. The third-order valence-corrected chi connectivity index (χ3v) is 3.59. The normalized spacial score (nSPS) is 17.8. The van der Waals surface area contributed by atoms with Gasteiger partial charge in [-0.05, 0) is 26.1 Å². The summed E-state index contributed by atoms with van der Waals surface area (Å²) in [4.78, 5) is 6.93. The molecule has 0 saturated carbocycles. The van der Waals surface area contributed by atoms with E-state index in [2.05, 4.69) is 45.0 Å². The Labute approximate surface area is 147 Å². The lowest BCUT2D eigenvalue weighted by atomic mass is 10.1. The third-order valence-electron chi connectivity index (χ3n) is 3.59. The zero-order valence-electron chi connectivity index (χ0n) is 16.2. The molecule has 1 aromatic rings. The monoisotopic (exact) mass is 338 g/mol. The van der Waals surface area contributed by atoms with Crippen LogP contribution in [0.1, 0.15) is 50.6 Å². The molecule has 1 aliphatic heterocycles. The number of pyridine rings is 1. The Bertz CT molecular complexity index is 458. The molecule has 0 N–H and O–H groups in total. The number of hydrogen-bond donors (Lipinski definition) is 0. The van der Waals surface area contributed by atoms with Crippen LogP contribution < -0.4 is 0 Å². The highest BCUT2D eigenvalue weighted by Crippen LogP contribution is 2.17. The molecule has 1 saturated heterocycles. The van der Waals surface area contributed by atoms with Crippen molar-refractivity contribution >= 4 is 0 Å². The van der Waals surface area contributed by atoms with E-state index in [1.165, 1.54) is 0 Å². The Morgan fingerprint density at radius 2 is 2.00 bits per heavy atom. The second-order valence-electron chi connectivity index (χ2n) is 6.32. The number of nitrogens with zero attached hydrogens (tertiary/aromatic N) is 2. The van der Waals surface area contributed by atoms with Gasteiger partial charge in [0, 0.05) is 17.8 Å². The number of rotatable bonds is 7. The van der Waals surface area contributed by atoms with Crippen molar-refractivity contribution in [1.82, 2.24) is 9.88 Å². The van der Waals surface area contributed by atoms with Crippen molar-refractivity contribution in [2.24, 2.45) is 0 Å². The summed E-state index contributed by atoms with van der Waals surface area (Å²) in [6.07, 6.45) is 0.0499. The Morgan fingerprint density at radius 3 is 2.58 bits per heavy atom. The molecule has 0 bridgehead atoms. The highest BCUT2D eigenvalue weighted by molar-refractivity contribution is 5.24. The van der Waals surface area contributed by atoms with E-state index in [-0.39, 0.29) is 6.10 Å². The van der Waals surface area contributed by atoms with Crippen molar-refractivity contribution in [2.75, 3.05) is 40.5 Å². The van der Waals surface area contributed by atoms with Crippen molar-refractivity contribution in [3.05, 3.63) is 29.1 Å². The average Bonchev–Trinajstić information content (AvgIpc) is 2.58. The van der Waals surface area contributed by atoms with Crippen molar-refractivity contribution in [3.8, 4) is 0 Å². The molecule has 24 heavy (non-hydrogen) atoms. The zero-order chi connectivity index (χ0) is 17.9. The summed E-state index contributed by atoms with van der Waals surface area (Å²) >= 11 is 0. The minimum Gasteiger partial charge on any atom is -0.376 e. The van der Waals surface area contributed by atoms with E-state index in [0.717, 1.165) is 23.5 Å². The molecule has 2 heterocycles. The summed E-state index contributed by atoms with van der Waals surface area (Å²) in [5.41, 5.74) is 3.37. The molecule has 0 radical (unpaired) electrons. The van der Waals surface area contributed by atoms with Gasteiger partial charge in [0.05, 0.1) is 38.7 Å². The van der Waals surface area contributed by atoms with Gasteiger partial charge in [0.1, 0.15) is 6.10 Å². The zero-order valence-corrected chi connectivity index (χ0v) is 16.2. The van der Waals surface area contributed by atoms with Gasteiger partial charge in [0.15, 0.2) is 0 Å². The standard InChI is InChI=1S/C17H28N2O3.C2H6/c1-13(2)16-6-5-14(17(18-16)9-19(3)4)10-21-12-15-11-20-7-8-22-15;1-2/h5-6,13,15H,7-12H2,1-4H3;1-2H3/t15-;/m1./s1. The molecular weight excluding hydrogens is 304 g/mol. The first-order valence-electron chi connectivity index (χ1n) is 8.96. The van der Waals surface area contributed by atoms with Crippen LogP contribution >= 0.6 is 0 Å². The lowest BCUT2D eigenvalue weighted by Gasteiger charge is -2.23. The van der Waals surface area contributed by atoms with E-state index in [0.29, 0.717) is 39.0 Å². The summed E-state index contributed by atoms with van der Waals surface area (Å²) in [5, 5.41) is 0. The summed E-state index contributed by atoms with van der Waals surface area (Å²) in [6.45, 7) is 12.2. The molecule has 0 spiro atoms. The van der Waals surface area contributed by atoms with Crippen molar-refractivity contribution in [2.45, 2.75) is 52.9 Å². The highest BCUT2D eigenvalue weighted by Gasteiger charge is 2.15. The molecule has 0 unspecified atom stereocenters. The molecule has 1 aliphatic rings. The SMILES string of the molecule is CC.CC(C)c1ccc(COC[C@H]2COCCO2)c(CN(C)C)n1. The summed E-state index contributed by atoms with van der Waals surface area (Å²) in [5.74, 6) is 0.434. The molecule has 1 fully saturated rings. The van der Waals surface area contributed by atoms with Crippen LogP contribution in [-0.4, -0.2) is 56.5 Å². The Hall–Kier alpha value is -1.01. The van der Waals surface area contributed by atoms with E-state index >= 15 is 0 Å². The Kier molecular flexibility index (Phi) is 10.1. The first-order chi connectivity index (χ1) is 11.6. The average molecular weight is 338 g/mol. The summed E-state index contributed by atoms with van der Waals surface area (Å²) in [7, 11) is 4.11. The van der Waals surface area contributed by atoms with E-state index in [1.807, 2.05) is 13.8 Å². The lowest BCUT2D eigenvalue weighted by Crippen LogP contribution is -2.32. The van der Waals surface area contributed by atoms with Crippen LogP contribution in [0, 0.1) is 0 Å². The van der Waals surface area contributed by atoms with Crippen LogP contribution in [-0.2, 0) is 27.4 Å². The van der Waals surface area contributed by atoms with Gasteiger partial charge >= 0.3 is 0 Å². The van der Waals surface area contributed by atoms with Gasteiger partial charge in [-0.1, -0.05) is 33.8 Å². The fourth-order valence-corrected chi connectivity index (χ4v) is 2.37.